The molecule has 2 unspecified atom stereocenters. The van der Waals surface area contributed by atoms with Gasteiger partial charge in [0.05, 0.1) is 6.61 Å². The monoisotopic (exact) mass is 277 g/mol. The molecule has 1 saturated carbocycles. The lowest BCUT2D eigenvalue weighted by Gasteiger charge is -2.30. The number of benzene rings is 1. The minimum Gasteiger partial charge on any atom is -0.494 e. The van der Waals surface area contributed by atoms with Gasteiger partial charge in [-0.1, -0.05) is 31.0 Å². The molecule has 20 heavy (non-hydrogen) atoms. The van der Waals surface area contributed by atoms with Crippen molar-refractivity contribution in [2.24, 2.45) is 17.6 Å². The number of rotatable bonds is 8. The summed E-state index contributed by atoms with van der Waals surface area (Å²) in [5.74, 6) is 2.27. The summed E-state index contributed by atoms with van der Waals surface area (Å²) in [5.41, 5.74) is 5.83. The van der Waals surface area contributed by atoms with Gasteiger partial charge in [-0.3, -0.25) is 0 Å². The fourth-order valence-corrected chi connectivity index (χ4v) is 2.92. The van der Waals surface area contributed by atoms with Crippen molar-refractivity contribution in [2.75, 3.05) is 26.4 Å². The summed E-state index contributed by atoms with van der Waals surface area (Å²) in [4.78, 5) is 0. The van der Waals surface area contributed by atoms with Crippen LogP contribution in [0.5, 0.6) is 5.75 Å². The fraction of sp³-hybridized carbons (Fsp3) is 0.647. The van der Waals surface area contributed by atoms with Crippen LogP contribution in [0.15, 0.2) is 30.3 Å². The Morgan fingerprint density at radius 3 is 2.50 bits per heavy atom. The Hall–Kier alpha value is -1.06. The van der Waals surface area contributed by atoms with E-state index in [1.54, 1.807) is 0 Å². The summed E-state index contributed by atoms with van der Waals surface area (Å²) in [6.07, 6.45) is 6.17. The van der Waals surface area contributed by atoms with E-state index >= 15 is 0 Å². The number of hydrogen-bond acceptors (Lipinski definition) is 3. The molecule has 1 aliphatic rings. The van der Waals surface area contributed by atoms with E-state index in [0.717, 1.165) is 38.5 Å². The molecule has 0 heterocycles. The minimum atomic E-state index is 0.670. The Labute approximate surface area is 122 Å². The number of hydrogen-bond donors (Lipinski definition) is 1. The maximum absolute atomic E-state index is 5.83. The highest BCUT2D eigenvalue weighted by atomic mass is 16.5. The molecule has 2 rings (SSSR count). The molecule has 2 N–H and O–H groups in total. The van der Waals surface area contributed by atoms with Crippen LogP contribution in [0, 0.1) is 11.8 Å². The third-order valence-corrected chi connectivity index (χ3v) is 4.15. The number of nitrogens with two attached hydrogens (primary N) is 1. The third-order valence-electron chi connectivity index (χ3n) is 4.15. The molecule has 2 atom stereocenters. The molecule has 3 nitrogen and oxygen atoms in total. The number of para-hydroxylation sites is 1. The zero-order valence-corrected chi connectivity index (χ0v) is 12.3. The molecular weight excluding hydrogens is 250 g/mol. The van der Waals surface area contributed by atoms with Crippen LogP contribution in [0.2, 0.25) is 0 Å². The normalized spacial score (nSPS) is 22.6. The molecule has 0 aromatic heterocycles. The van der Waals surface area contributed by atoms with Gasteiger partial charge in [-0.2, -0.15) is 0 Å². The van der Waals surface area contributed by atoms with E-state index in [1.165, 1.54) is 25.7 Å². The summed E-state index contributed by atoms with van der Waals surface area (Å²) in [6, 6.07) is 9.93. The van der Waals surface area contributed by atoms with Gasteiger partial charge in [0, 0.05) is 19.6 Å². The van der Waals surface area contributed by atoms with Gasteiger partial charge in [-0.25, -0.2) is 0 Å². The van der Waals surface area contributed by atoms with Crippen molar-refractivity contribution in [2.45, 2.75) is 32.1 Å². The summed E-state index contributed by atoms with van der Waals surface area (Å²) in [7, 11) is 0. The summed E-state index contributed by atoms with van der Waals surface area (Å²) in [6.45, 7) is 3.17. The van der Waals surface area contributed by atoms with Crippen molar-refractivity contribution in [1.29, 1.82) is 0 Å². The molecule has 1 fully saturated rings. The largest absolute Gasteiger partial charge is 0.494 e. The van der Waals surface area contributed by atoms with Crippen molar-refractivity contribution < 1.29 is 9.47 Å². The highest BCUT2D eigenvalue weighted by Gasteiger charge is 2.23. The molecular formula is C17H27NO2. The first-order valence-corrected chi connectivity index (χ1v) is 7.86. The van der Waals surface area contributed by atoms with Crippen LogP contribution < -0.4 is 10.5 Å². The second-order valence-electron chi connectivity index (χ2n) is 5.63. The van der Waals surface area contributed by atoms with Crippen LogP contribution in [-0.2, 0) is 4.74 Å². The Kier molecular flexibility index (Phi) is 6.89. The van der Waals surface area contributed by atoms with Gasteiger partial charge in [-0.15, -0.1) is 0 Å². The van der Waals surface area contributed by atoms with Crippen LogP contribution in [-0.4, -0.2) is 26.4 Å². The third kappa shape index (κ3) is 5.14. The SMILES string of the molecule is NCC1CCCCC1COCCCOc1ccccc1. The lowest BCUT2D eigenvalue weighted by Crippen LogP contribution is -2.30. The van der Waals surface area contributed by atoms with E-state index in [4.69, 9.17) is 15.2 Å². The fourth-order valence-electron chi connectivity index (χ4n) is 2.92. The van der Waals surface area contributed by atoms with Gasteiger partial charge >= 0.3 is 0 Å². The zero-order chi connectivity index (χ0) is 14.0. The van der Waals surface area contributed by atoms with Crippen LogP contribution in [0.25, 0.3) is 0 Å². The second kappa shape index (κ2) is 8.98. The Bertz CT molecular complexity index is 355. The van der Waals surface area contributed by atoms with Crippen LogP contribution in [0.4, 0.5) is 0 Å². The average Bonchev–Trinajstić information content (AvgIpc) is 2.52. The average molecular weight is 277 g/mol. The van der Waals surface area contributed by atoms with Crippen LogP contribution in [0.3, 0.4) is 0 Å². The van der Waals surface area contributed by atoms with Gasteiger partial charge in [0.1, 0.15) is 5.75 Å². The van der Waals surface area contributed by atoms with Crippen LogP contribution in [0.1, 0.15) is 32.1 Å². The lowest BCUT2D eigenvalue weighted by atomic mass is 9.80. The maximum atomic E-state index is 5.83. The quantitative estimate of drug-likeness (QED) is 0.742. The summed E-state index contributed by atoms with van der Waals surface area (Å²) >= 11 is 0. The van der Waals surface area contributed by atoms with E-state index in [1.807, 2.05) is 30.3 Å². The highest BCUT2D eigenvalue weighted by Crippen LogP contribution is 2.29. The van der Waals surface area contributed by atoms with Gasteiger partial charge in [0.25, 0.3) is 0 Å². The highest BCUT2D eigenvalue weighted by molar-refractivity contribution is 5.20. The molecule has 0 aliphatic heterocycles. The summed E-state index contributed by atoms with van der Waals surface area (Å²) in [5, 5.41) is 0. The molecule has 3 heteroatoms. The molecule has 1 aromatic carbocycles. The van der Waals surface area contributed by atoms with Gasteiger partial charge in [-0.05, 0) is 43.4 Å². The van der Waals surface area contributed by atoms with Gasteiger partial charge in [0.2, 0.25) is 0 Å². The molecule has 0 spiro atoms. The molecule has 0 radical (unpaired) electrons. The maximum Gasteiger partial charge on any atom is 0.119 e. The summed E-state index contributed by atoms with van der Waals surface area (Å²) < 4.78 is 11.4. The van der Waals surface area contributed by atoms with E-state index in [2.05, 4.69) is 0 Å². The van der Waals surface area contributed by atoms with Crippen molar-refractivity contribution >= 4 is 0 Å². The van der Waals surface area contributed by atoms with Crippen molar-refractivity contribution in [3.05, 3.63) is 30.3 Å². The molecule has 0 saturated heterocycles. The Morgan fingerprint density at radius 1 is 1.00 bits per heavy atom. The van der Waals surface area contributed by atoms with Crippen LogP contribution >= 0.6 is 0 Å². The van der Waals surface area contributed by atoms with Gasteiger partial charge < -0.3 is 15.2 Å². The van der Waals surface area contributed by atoms with E-state index in [0.29, 0.717) is 11.8 Å². The minimum absolute atomic E-state index is 0.670. The van der Waals surface area contributed by atoms with Crippen molar-refractivity contribution in [1.82, 2.24) is 0 Å². The lowest BCUT2D eigenvalue weighted by molar-refractivity contribution is 0.0548. The predicted molar refractivity (Wildman–Crippen MR) is 81.9 cm³/mol. The standard InChI is InChI=1S/C17H27NO2/c18-13-15-7-4-5-8-16(15)14-19-11-6-12-20-17-9-2-1-3-10-17/h1-3,9-10,15-16H,4-8,11-14,18H2. The molecule has 1 aliphatic carbocycles. The first kappa shape index (κ1) is 15.3. The van der Waals surface area contributed by atoms with E-state index in [-0.39, 0.29) is 0 Å². The molecule has 0 amide bonds. The topological polar surface area (TPSA) is 44.5 Å². The molecule has 0 bridgehead atoms. The first-order chi connectivity index (χ1) is 9.90. The second-order valence-corrected chi connectivity index (χ2v) is 5.63. The predicted octanol–water partition coefficient (Wildman–Crippen LogP) is 3.24. The zero-order valence-electron chi connectivity index (χ0n) is 12.3. The number of ether oxygens (including phenoxy) is 2. The van der Waals surface area contributed by atoms with Gasteiger partial charge in [0.15, 0.2) is 0 Å². The molecule has 1 aromatic rings. The van der Waals surface area contributed by atoms with Crippen molar-refractivity contribution in [3.8, 4) is 5.75 Å². The Morgan fingerprint density at radius 2 is 1.75 bits per heavy atom. The van der Waals surface area contributed by atoms with E-state index in [9.17, 15) is 0 Å². The first-order valence-electron chi connectivity index (χ1n) is 7.86. The van der Waals surface area contributed by atoms with Crippen molar-refractivity contribution in [3.63, 3.8) is 0 Å². The Balaban J connectivity index is 1.53. The molecule has 112 valence electrons. The van der Waals surface area contributed by atoms with E-state index < -0.39 is 0 Å². The smallest absolute Gasteiger partial charge is 0.119 e.